The molecule has 162 valence electrons. The van der Waals surface area contributed by atoms with Crippen molar-refractivity contribution >= 4 is 17.7 Å². The van der Waals surface area contributed by atoms with Crippen molar-refractivity contribution in [3.63, 3.8) is 0 Å². The van der Waals surface area contributed by atoms with Crippen LogP contribution >= 0.6 is 0 Å². The maximum Gasteiger partial charge on any atom is 0.387 e. The summed E-state index contributed by atoms with van der Waals surface area (Å²) in [7, 11) is 1.34. The molecule has 0 atom stereocenters. The van der Waals surface area contributed by atoms with Crippen molar-refractivity contribution in [3.8, 4) is 11.5 Å². The number of hydrogen-bond donors (Lipinski definition) is 0. The molecule has 9 heteroatoms. The van der Waals surface area contributed by atoms with Crippen molar-refractivity contribution in [1.82, 2.24) is 9.80 Å². The fraction of sp³-hybridized carbons (Fsp3) is 0.318. The highest BCUT2D eigenvalue weighted by molar-refractivity contribution is 6.22. The van der Waals surface area contributed by atoms with Gasteiger partial charge in [0.25, 0.3) is 11.8 Å². The van der Waals surface area contributed by atoms with Crippen molar-refractivity contribution in [2.75, 3.05) is 13.7 Å². The van der Waals surface area contributed by atoms with Crippen LogP contribution in [-0.4, -0.2) is 53.8 Å². The summed E-state index contributed by atoms with van der Waals surface area (Å²) in [5.74, 6) is -1.30. The molecule has 1 heterocycles. The summed E-state index contributed by atoms with van der Waals surface area (Å²) in [6, 6.07) is 10.9. The number of alkyl halides is 2. The Morgan fingerprint density at radius 3 is 2.29 bits per heavy atom. The minimum absolute atomic E-state index is 0.00525. The van der Waals surface area contributed by atoms with E-state index < -0.39 is 18.4 Å². The molecule has 0 N–H and O–H groups in total. The van der Waals surface area contributed by atoms with Crippen LogP contribution < -0.4 is 9.47 Å². The average molecular weight is 430 g/mol. The summed E-state index contributed by atoms with van der Waals surface area (Å²) in [5, 5.41) is 0. The highest BCUT2D eigenvalue weighted by atomic mass is 19.3. The van der Waals surface area contributed by atoms with Gasteiger partial charge in [0.15, 0.2) is 11.5 Å². The van der Waals surface area contributed by atoms with Crippen molar-refractivity contribution < 1.29 is 32.6 Å². The zero-order valence-corrected chi connectivity index (χ0v) is 16.7. The van der Waals surface area contributed by atoms with Crippen LogP contribution in [0.25, 0.3) is 0 Å². The first-order valence-corrected chi connectivity index (χ1v) is 9.75. The Bertz CT molecular complexity index is 1000. The lowest BCUT2D eigenvalue weighted by Crippen LogP contribution is -2.43. The van der Waals surface area contributed by atoms with Crippen molar-refractivity contribution in [2.45, 2.75) is 32.0 Å². The molecule has 0 saturated heterocycles. The monoisotopic (exact) mass is 430 g/mol. The predicted octanol–water partition coefficient (Wildman–Crippen LogP) is 3.08. The van der Waals surface area contributed by atoms with E-state index in [0.717, 1.165) is 17.7 Å². The molecule has 1 fully saturated rings. The lowest BCUT2D eigenvalue weighted by molar-refractivity contribution is -0.132. The summed E-state index contributed by atoms with van der Waals surface area (Å²) in [5.41, 5.74) is 1.23. The lowest BCUT2D eigenvalue weighted by Gasteiger charge is -2.25. The van der Waals surface area contributed by atoms with Crippen LogP contribution in [0.5, 0.6) is 11.5 Å². The molecule has 0 aromatic heterocycles. The number of rotatable bonds is 8. The fourth-order valence-corrected chi connectivity index (χ4v) is 3.62. The molecule has 2 aromatic rings. The maximum atomic E-state index is 13.0. The Kier molecular flexibility index (Phi) is 5.58. The van der Waals surface area contributed by atoms with Gasteiger partial charge in [-0.1, -0.05) is 18.2 Å². The largest absolute Gasteiger partial charge is 0.493 e. The van der Waals surface area contributed by atoms with E-state index in [2.05, 4.69) is 4.74 Å². The van der Waals surface area contributed by atoms with Crippen LogP contribution in [0.1, 0.15) is 39.1 Å². The number of carbonyl (C=O) groups excluding carboxylic acids is 3. The summed E-state index contributed by atoms with van der Waals surface area (Å²) < 4.78 is 34.6. The number of benzene rings is 2. The molecule has 7 nitrogen and oxygen atoms in total. The number of carbonyl (C=O) groups is 3. The number of fused-ring (bicyclic) bond motifs is 1. The highest BCUT2D eigenvalue weighted by Gasteiger charge is 2.39. The van der Waals surface area contributed by atoms with Gasteiger partial charge in [0, 0.05) is 12.6 Å². The van der Waals surface area contributed by atoms with Gasteiger partial charge in [0.1, 0.15) is 6.54 Å². The maximum absolute atomic E-state index is 13.0. The molecule has 3 amide bonds. The Labute approximate surface area is 177 Å². The topological polar surface area (TPSA) is 76.2 Å². The molecule has 1 aliphatic carbocycles. The second-order valence-electron chi connectivity index (χ2n) is 7.36. The van der Waals surface area contributed by atoms with Crippen molar-refractivity contribution in [2.24, 2.45) is 0 Å². The third-order valence-corrected chi connectivity index (χ3v) is 5.28. The van der Waals surface area contributed by atoms with Gasteiger partial charge in [-0.05, 0) is 42.7 Å². The summed E-state index contributed by atoms with van der Waals surface area (Å²) in [6.07, 6.45) is 1.63. The number of nitrogens with zero attached hydrogens (tertiary/aromatic N) is 2. The molecule has 0 spiro atoms. The van der Waals surface area contributed by atoms with Gasteiger partial charge in [-0.2, -0.15) is 8.78 Å². The zero-order valence-electron chi connectivity index (χ0n) is 16.7. The minimum Gasteiger partial charge on any atom is -0.493 e. The minimum atomic E-state index is -2.98. The van der Waals surface area contributed by atoms with Crippen molar-refractivity contribution in [3.05, 3.63) is 59.2 Å². The van der Waals surface area contributed by atoms with Crippen LogP contribution in [0.3, 0.4) is 0 Å². The summed E-state index contributed by atoms with van der Waals surface area (Å²) >= 11 is 0. The molecule has 4 rings (SSSR count). The van der Waals surface area contributed by atoms with E-state index in [9.17, 15) is 23.2 Å². The van der Waals surface area contributed by atoms with Gasteiger partial charge in [-0.3, -0.25) is 19.3 Å². The predicted molar refractivity (Wildman–Crippen MR) is 105 cm³/mol. The molecule has 0 radical (unpaired) electrons. The lowest BCUT2D eigenvalue weighted by atomic mass is 10.1. The molecule has 31 heavy (non-hydrogen) atoms. The second kappa shape index (κ2) is 8.33. The first kappa shape index (κ1) is 20.8. The fourth-order valence-electron chi connectivity index (χ4n) is 3.62. The van der Waals surface area contributed by atoms with E-state index in [0.29, 0.717) is 5.56 Å². The number of halogens is 2. The van der Waals surface area contributed by atoms with E-state index in [4.69, 9.17) is 4.74 Å². The Balaban J connectivity index is 1.49. The first-order valence-electron chi connectivity index (χ1n) is 9.75. The number of methoxy groups -OCH3 is 1. The molecule has 2 aliphatic rings. The molecule has 1 aliphatic heterocycles. The van der Waals surface area contributed by atoms with E-state index in [-0.39, 0.29) is 47.7 Å². The van der Waals surface area contributed by atoms with Crippen molar-refractivity contribution in [1.29, 1.82) is 0 Å². The number of imide groups is 1. The van der Waals surface area contributed by atoms with Gasteiger partial charge >= 0.3 is 6.61 Å². The van der Waals surface area contributed by atoms with Crippen LogP contribution in [0, 0.1) is 0 Å². The van der Waals surface area contributed by atoms with E-state index in [1.807, 2.05) is 0 Å². The van der Waals surface area contributed by atoms with E-state index in [1.54, 1.807) is 35.2 Å². The molecule has 0 unspecified atom stereocenters. The highest BCUT2D eigenvalue weighted by Crippen LogP contribution is 2.33. The molecule has 1 saturated carbocycles. The Morgan fingerprint density at radius 1 is 1.10 bits per heavy atom. The van der Waals surface area contributed by atoms with Crippen LogP contribution in [-0.2, 0) is 11.3 Å². The number of ether oxygens (including phenoxy) is 2. The first-order chi connectivity index (χ1) is 14.9. The molecule has 0 bridgehead atoms. The second-order valence-corrected chi connectivity index (χ2v) is 7.36. The van der Waals surface area contributed by atoms with Gasteiger partial charge < -0.3 is 14.4 Å². The smallest absolute Gasteiger partial charge is 0.387 e. The normalized spacial score (nSPS) is 15.3. The van der Waals surface area contributed by atoms with E-state index in [1.165, 1.54) is 19.2 Å². The van der Waals surface area contributed by atoms with E-state index >= 15 is 0 Å². The summed E-state index contributed by atoms with van der Waals surface area (Å²) in [6.45, 7) is -3.14. The third kappa shape index (κ3) is 4.21. The SMILES string of the molecule is COc1cc(CN(C(=O)CN2C(=O)c3ccccc3C2=O)C2CC2)ccc1OC(F)F. The third-order valence-electron chi connectivity index (χ3n) is 5.28. The van der Waals surface area contributed by atoms with Crippen LogP contribution in [0.2, 0.25) is 0 Å². The Morgan fingerprint density at radius 2 is 1.74 bits per heavy atom. The van der Waals surface area contributed by atoms with Gasteiger partial charge in [-0.15, -0.1) is 0 Å². The number of hydrogen-bond acceptors (Lipinski definition) is 5. The quantitative estimate of drug-likeness (QED) is 0.602. The standard InChI is InChI=1S/C22H20F2N2O5/c1-30-18-10-13(6-9-17(18)31-22(23)24)11-25(14-7-8-14)19(27)12-26-20(28)15-4-2-3-5-16(15)21(26)29/h2-6,9-10,14,22H,7-8,11-12H2,1H3. The van der Waals surface area contributed by atoms with Crippen LogP contribution in [0.4, 0.5) is 8.78 Å². The molecular weight excluding hydrogens is 410 g/mol. The zero-order chi connectivity index (χ0) is 22.1. The molecular formula is C22H20F2N2O5. The average Bonchev–Trinajstić information content (AvgIpc) is 3.57. The summed E-state index contributed by atoms with van der Waals surface area (Å²) in [4.78, 5) is 40.7. The van der Waals surface area contributed by atoms with Crippen LogP contribution in [0.15, 0.2) is 42.5 Å². The van der Waals surface area contributed by atoms with Gasteiger partial charge in [0.2, 0.25) is 5.91 Å². The number of amides is 3. The molecule has 2 aromatic carbocycles. The van der Waals surface area contributed by atoms with Gasteiger partial charge in [-0.25, -0.2) is 0 Å². The Hall–Kier alpha value is -3.49. The van der Waals surface area contributed by atoms with Gasteiger partial charge in [0.05, 0.1) is 18.2 Å².